The SMILES string of the molecule is O=C(O)CC1(NC(=O)c2ccc(N3CCCC3)c([N+](=O)[O-])c2)CCC1. The molecule has 1 aliphatic heterocycles. The highest BCUT2D eigenvalue weighted by molar-refractivity contribution is 5.96. The van der Waals surface area contributed by atoms with Gasteiger partial charge < -0.3 is 15.3 Å². The lowest BCUT2D eigenvalue weighted by Crippen LogP contribution is -2.54. The van der Waals surface area contributed by atoms with Crippen LogP contribution < -0.4 is 10.2 Å². The predicted molar refractivity (Wildman–Crippen MR) is 90.8 cm³/mol. The van der Waals surface area contributed by atoms with Crippen LogP contribution in [0.15, 0.2) is 18.2 Å². The maximum Gasteiger partial charge on any atom is 0.305 e. The van der Waals surface area contributed by atoms with Crippen molar-refractivity contribution in [3.05, 3.63) is 33.9 Å². The highest BCUT2D eigenvalue weighted by atomic mass is 16.6. The van der Waals surface area contributed by atoms with E-state index in [0.717, 1.165) is 32.4 Å². The molecule has 1 amide bonds. The quantitative estimate of drug-likeness (QED) is 0.603. The zero-order valence-electron chi connectivity index (χ0n) is 13.9. The van der Waals surface area contributed by atoms with Crippen LogP contribution in [0, 0.1) is 10.1 Å². The molecule has 0 spiro atoms. The number of amides is 1. The number of nitro groups is 1. The average Bonchev–Trinajstić information content (AvgIpc) is 3.05. The molecule has 2 N–H and O–H groups in total. The Kier molecular flexibility index (Phi) is 4.61. The molecule has 0 atom stereocenters. The maximum absolute atomic E-state index is 12.5. The lowest BCUT2D eigenvalue weighted by molar-refractivity contribution is -0.384. The molecule has 0 unspecified atom stereocenters. The summed E-state index contributed by atoms with van der Waals surface area (Å²) >= 11 is 0. The Morgan fingerprint density at radius 3 is 2.44 bits per heavy atom. The number of hydrogen-bond acceptors (Lipinski definition) is 5. The van der Waals surface area contributed by atoms with Crippen LogP contribution in [0.1, 0.15) is 48.9 Å². The van der Waals surface area contributed by atoms with Crippen LogP contribution in [0.5, 0.6) is 0 Å². The molecule has 25 heavy (non-hydrogen) atoms. The maximum atomic E-state index is 12.5. The molecule has 8 heteroatoms. The number of nitro benzene ring substituents is 1. The van der Waals surface area contributed by atoms with Crippen molar-refractivity contribution < 1.29 is 19.6 Å². The topological polar surface area (TPSA) is 113 Å². The minimum Gasteiger partial charge on any atom is -0.481 e. The van der Waals surface area contributed by atoms with E-state index in [2.05, 4.69) is 5.32 Å². The summed E-state index contributed by atoms with van der Waals surface area (Å²) in [4.78, 5) is 36.4. The van der Waals surface area contributed by atoms with Gasteiger partial charge in [0.05, 0.1) is 16.9 Å². The molecule has 3 rings (SSSR count). The van der Waals surface area contributed by atoms with Gasteiger partial charge in [0.15, 0.2) is 0 Å². The van der Waals surface area contributed by atoms with E-state index in [9.17, 15) is 19.7 Å². The summed E-state index contributed by atoms with van der Waals surface area (Å²) in [6.07, 6.45) is 3.94. The fraction of sp³-hybridized carbons (Fsp3) is 0.529. The number of benzene rings is 1. The molecule has 1 saturated heterocycles. The first-order valence-corrected chi connectivity index (χ1v) is 8.48. The molecule has 0 bridgehead atoms. The van der Waals surface area contributed by atoms with E-state index in [-0.39, 0.29) is 17.7 Å². The van der Waals surface area contributed by atoms with E-state index >= 15 is 0 Å². The number of rotatable bonds is 6. The van der Waals surface area contributed by atoms with Crippen LogP contribution in [-0.4, -0.2) is 40.5 Å². The predicted octanol–water partition coefficient (Wildman–Crippen LogP) is 2.32. The van der Waals surface area contributed by atoms with E-state index in [1.54, 1.807) is 12.1 Å². The lowest BCUT2D eigenvalue weighted by Gasteiger charge is -2.41. The second-order valence-corrected chi connectivity index (χ2v) is 6.81. The Morgan fingerprint density at radius 1 is 1.24 bits per heavy atom. The fourth-order valence-corrected chi connectivity index (χ4v) is 3.59. The van der Waals surface area contributed by atoms with Crippen LogP contribution in [-0.2, 0) is 4.79 Å². The number of nitrogens with one attached hydrogen (secondary N) is 1. The van der Waals surface area contributed by atoms with Crippen LogP contribution in [0.2, 0.25) is 0 Å². The van der Waals surface area contributed by atoms with Gasteiger partial charge in [0.2, 0.25) is 0 Å². The molecule has 1 heterocycles. The van der Waals surface area contributed by atoms with Crippen molar-refractivity contribution in [2.24, 2.45) is 0 Å². The number of nitrogens with zero attached hydrogens (tertiary/aromatic N) is 2. The Hall–Kier alpha value is -2.64. The van der Waals surface area contributed by atoms with Gasteiger partial charge >= 0.3 is 5.97 Å². The van der Waals surface area contributed by atoms with E-state index < -0.39 is 22.3 Å². The minimum atomic E-state index is -0.963. The Balaban J connectivity index is 1.82. The Bertz CT molecular complexity index is 708. The summed E-state index contributed by atoms with van der Waals surface area (Å²) in [5, 5.41) is 23.2. The van der Waals surface area contributed by atoms with Gasteiger partial charge in [-0.05, 0) is 44.2 Å². The van der Waals surface area contributed by atoms with E-state index in [1.165, 1.54) is 6.07 Å². The lowest BCUT2D eigenvalue weighted by atomic mass is 9.74. The number of aliphatic carboxylic acids is 1. The van der Waals surface area contributed by atoms with E-state index in [4.69, 9.17) is 5.11 Å². The molecule has 0 aromatic heterocycles. The zero-order valence-corrected chi connectivity index (χ0v) is 13.9. The van der Waals surface area contributed by atoms with Crippen molar-refractivity contribution in [2.75, 3.05) is 18.0 Å². The van der Waals surface area contributed by atoms with Crippen molar-refractivity contribution in [3.63, 3.8) is 0 Å². The second kappa shape index (κ2) is 6.70. The van der Waals surface area contributed by atoms with Gasteiger partial charge in [-0.3, -0.25) is 19.7 Å². The van der Waals surface area contributed by atoms with Gasteiger partial charge in [-0.2, -0.15) is 0 Å². The van der Waals surface area contributed by atoms with Crippen LogP contribution in [0.3, 0.4) is 0 Å². The monoisotopic (exact) mass is 347 g/mol. The summed E-state index contributed by atoms with van der Waals surface area (Å²) in [7, 11) is 0. The summed E-state index contributed by atoms with van der Waals surface area (Å²) in [6.45, 7) is 1.54. The highest BCUT2D eigenvalue weighted by Gasteiger charge is 2.40. The van der Waals surface area contributed by atoms with E-state index in [1.807, 2.05) is 4.90 Å². The molecule has 1 aromatic carbocycles. The van der Waals surface area contributed by atoms with Gasteiger partial charge in [0, 0.05) is 24.7 Å². The summed E-state index contributed by atoms with van der Waals surface area (Å²) in [5.41, 5.74) is -0.101. The Morgan fingerprint density at radius 2 is 1.92 bits per heavy atom. The largest absolute Gasteiger partial charge is 0.481 e. The molecule has 1 aliphatic carbocycles. The molecular formula is C17H21N3O5. The first-order chi connectivity index (χ1) is 11.9. The first kappa shape index (κ1) is 17.2. The highest BCUT2D eigenvalue weighted by Crippen LogP contribution is 2.36. The molecule has 8 nitrogen and oxygen atoms in total. The second-order valence-electron chi connectivity index (χ2n) is 6.81. The number of carbonyl (C=O) groups excluding carboxylic acids is 1. The number of carboxylic acids is 1. The van der Waals surface area contributed by atoms with Gasteiger partial charge in [0.25, 0.3) is 11.6 Å². The molecule has 134 valence electrons. The van der Waals surface area contributed by atoms with Crippen molar-refractivity contribution in [3.8, 4) is 0 Å². The molecule has 0 radical (unpaired) electrons. The van der Waals surface area contributed by atoms with Crippen LogP contribution in [0.25, 0.3) is 0 Å². The van der Waals surface area contributed by atoms with E-state index in [0.29, 0.717) is 18.5 Å². The fourth-order valence-electron chi connectivity index (χ4n) is 3.59. The number of anilines is 1. The van der Waals surface area contributed by atoms with Gasteiger partial charge in [0.1, 0.15) is 5.69 Å². The average molecular weight is 347 g/mol. The van der Waals surface area contributed by atoms with Crippen LogP contribution in [0.4, 0.5) is 11.4 Å². The standard InChI is InChI=1S/C17H21N3O5/c21-15(22)11-17(6-3-7-17)18-16(23)12-4-5-13(14(10-12)20(24)25)19-8-1-2-9-19/h4-5,10H,1-3,6-9,11H2,(H,18,23)(H,21,22). The van der Waals surface area contributed by atoms with Gasteiger partial charge in [-0.25, -0.2) is 0 Å². The number of carbonyl (C=O) groups is 2. The van der Waals surface area contributed by atoms with Gasteiger partial charge in [-0.1, -0.05) is 0 Å². The summed E-state index contributed by atoms with van der Waals surface area (Å²) in [6, 6.07) is 4.47. The third-order valence-electron chi connectivity index (χ3n) is 5.06. The normalized spacial score (nSPS) is 18.5. The Labute approximate surface area is 145 Å². The van der Waals surface area contributed by atoms with Crippen LogP contribution >= 0.6 is 0 Å². The molecule has 1 saturated carbocycles. The van der Waals surface area contributed by atoms with Crippen molar-refractivity contribution in [1.29, 1.82) is 0 Å². The molecule has 1 aromatic rings. The van der Waals surface area contributed by atoms with Crippen molar-refractivity contribution in [2.45, 2.75) is 44.1 Å². The smallest absolute Gasteiger partial charge is 0.305 e. The molecular weight excluding hydrogens is 326 g/mol. The summed E-state index contributed by atoms with van der Waals surface area (Å²) in [5.74, 6) is -1.42. The first-order valence-electron chi connectivity index (χ1n) is 8.48. The third kappa shape index (κ3) is 3.57. The number of hydrogen-bond donors (Lipinski definition) is 2. The van der Waals surface area contributed by atoms with Crippen molar-refractivity contribution >= 4 is 23.3 Å². The summed E-state index contributed by atoms with van der Waals surface area (Å²) < 4.78 is 0. The molecule has 2 aliphatic rings. The third-order valence-corrected chi connectivity index (χ3v) is 5.06. The zero-order chi connectivity index (χ0) is 18.0. The van der Waals surface area contributed by atoms with Crippen molar-refractivity contribution in [1.82, 2.24) is 5.32 Å². The van der Waals surface area contributed by atoms with Gasteiger partial charge in [-0.15, -0.1) is 0 Å². The number of carboxylic acid groups (broad SMARTS) is 1. The molecule has 2 fully saturated rings. The minimum absolute atomic E-state index is 0.0876.